The van der Waals surface area contributed by atoms with Gasteiger partial charge in [-0.05, 0) is 72.5 Å². The van der Waals surface area contributed by atoms with Crippen LogP contribution in [0.3, 0.4) is 0 Å². The van der Waals surface area contributed by atoms with Crippen molar-refractivity contribution in [2.24, 2.45) is 4.99 Å². The fourth-order valence-electron chi connectivity index (χ4n) is 4.46. The van der Waals surface area contributed by atoms with Crippen LogP contribution in [0, 0.1) is 6.92 Å². The van der Waals surface area contributed by atoms with Crippen LogP contribution in [0.2, 0.25) is 5.02 Å². The molecular formula is C30H27ClF3N7O3S. The number of halogens is 4. The van der Waals surface area contributed by atoms with Crippen LogP contribution >= 0.6 is 23.4 Å². The molecule has 15 heteroatoms. The second-order valence-electron chi connectivity index (χ2n) is 10.3. The molecule has 1 aliphatic heterocycles. The minimum Gasteiger partial charge on any atom is -0.406 e. The summed E-state index contributed by atoms with van der Waals surface area (Å²) in [7, 11) is 0. The maximum absolute atomic E-state index is 12.9. The summed E-state index contributed by atoms with van der Waals surface area (Å²) in [6.45, 7) is 6.24. The number of aryl methyl sites for hydroxylation is 1. The van der Waals surface area contributed by atoms with Gasteiger partial charge in [-0.3, -0.25) is 9.69 Å². The third-order valence-electron chi connectivity index (χ3n) is 6.55. The molecule has 1 saturated heterocycles. The molecule has 0 saturated carbocycles. The summed E-state index contributed by atoms with van der Waals surface area (Å²) in [5.41, 5.74) is 4.13. The van der Waals surface area contributed by atoms with E-state index in [-0.39, 0.29) is 40.1 Å². The van der Waals surface area contributed by atoms with Crippen molar-refractivity contribution >= 4 is 57.5 Å². The Morgan fingerprint density at radius 3 is 2.58 bits per heavy atom. The molecule has 1 aliphatic rings. The maximum Gasteiger partial charge on any atom is 0.573 e. The Morgan fingerprint density at radius 1 is 1.13 bits per heavy atom. The number of hydrogen-bond acceptors (Lipinski definition) is 7. The number of anilines is 3. The highest BCUT2D eigenvalue weighted by atomic mass is 35.5. The van der Waals surface area contributed by atoms with Crippen molar-refractivity contribution in [3.8, 4) is 11.4 Å². The molecule has 2 N–H and O–H groups in total. The summed E-state index contributed by atoms with van der Waals surface area (Å²) in [4.78, 5) is 35.6. The van der Waals surface area contributed by atoms with E-state index in [1.165, 1.54) is 51.9 Å². The second-order valence-corrected chi connectivity index (χ2v) is 11.6. The van der Waals surface area contributed by atoms with Crippen LogP contribution in [0.25, 0.3) is 5.69 Å². The molecular weight excluding hydrogens is 631 g/mol. The van der Waals surface area contributed by atoms with Crippen LogP contribution in [0.4, 0.5) is 35.0 Å². The van der Waals surface area contributed by atoms with Gasteiger partial charge in [0.25, 0.3) is 0 Å². The zero-order chi connectivity index (χ0) is 32.3. The van der Waals surface area contributed by atoms with Gasteiger partial charge in [-0.1, -0.05) is 49.3 Å². The number of carbonyl (C=O) groups excluding carboxylic acids is 2. The lowest BCUT2D eigenvalue weighted by Gasteiger charge is -2.22. The number of carbonyl (C=O) groups is 2. The fourth-order valence-corrected chi connectivity index (χ4v) is 5.54. The number of alkyl halides is 3. The van der Waals surface area contributed by atoms with Gasteiger partial charge in [-0.2, -0.15) is 4.99 Å². The lowest BCUT2D eigenvalue weighted by atomic mass is 9.99. The number of hydrogen-bond donors (Lipinski definition) is 2. The molecule has 2 heterocycles. The number of benzene rings is 3. The number of aliphatic imine (C=N–C) groups is 1. The van der Waals surface area contributed by atoms with Crippen LogP contribution in [0.15, 0.2) is 72.0 Å². The van der Waals surface area contributed by atoms with Crippen LogP contribution < -0.4 is 20.3 Å². The minimum atomic E-state index is -4.77. The number of aromatic nitrogens is 3. The molecule has 4 aromatic rings. The SMILES string of the molecule is Cc1ccc(C(C)C)c(N2C(=O)CSC2=NC(=O)Nc2ccc(NCc3ncn(-c4ccc(OC(F)(F)F)cc4)n3)cc2Cl)c1. The van der Waals surface area contributed by atoms with E-state index in [1.807, 2.05) is 39.0 Å². The molecule has 0 radical (unpaired) electrons. The molecule has 0 unspecified atom stereocenters. The van der Waals surface area contributed by atoms with E-state index in [0.29, 0.717) is 28.6 Å². The molecule has 0 bridgehead atoms. The molecule has 234 valence electrons. The number of nitrogens with zero attached hydrogens (tertiary/aromatic N) is 5. The van der Waals surface area contributed by atoms with E-state index in [1.54, 1.807) is 18.2 Å². The van der Waals surface area contributed by atoms with Crippen molar-refractivity contribution in [2.75, 3.05) is 21.3 Å². The Bertz CT molecular complexity index is 1760. The molecule has 0 atom stereocenters. The lowest BCUT2D eigenvalue weighted by Crippen LogP contribution is -2.31. The third-order valence-corrected chi connectivity index (χ3v) is 7.78. The second kappa shape index (κ2) is 13.2. The Hall–Kier alpha value is -4.56. The summed E-state index contributed by atoms with van der Waals surface area (Å²) in [5.74, 6) is 0.260. The van der Waals surface area contributed by atoms with Crippen molar-refractivity contribution in [3.05, 3.63) is 89.0 Å². The van der Waals surface area contributed by atoms with Crippen LogP contribution in [-0.2, 0) is 11.3 Å². The van der Waals surface area contributed by atoms with Gasteiger partial charge in [-0.25, -0.2) is 14.5 Å². The smallest absolute Gasteiger partial charge is 0.406 e. The molecule has 0 aliphatic carbocycles. The van der Waals surface area contributed by atoms with E-state index in [2.05, 4.69) is 30.4 Å². The van der Waals surface area contributed by atoms with E-state index >= 15 is 0 Å². The average Bonchev–Trinajstić information content (AvgIpc) is 3.59. The first-order valence-electron chi connectivity index (χ1n) is 13.6. The first kappa shape index (κ1) is 31.9. The van der Waals surface area contributed by atoms with Crippen LogP contribution in [0.1, 0.15) is 36.7 Å². The van der Waals surface area contributed by atoms with Gasteiger partial charge >= 0.3 is 12.4 Å². The van der Waals surface area contributed by atoms with Gasteiger partial charge in [0, 0.05) is 5.69 Å². The van der Waals surface area contributed by atoms with Gasteiger partial charge in [0.05, 0.1) is 34.4 Å². The van der Waals surface area contributed by atoms with E-state index < -0.39 is 12.4 Å². The Morgan fingerprint density at radius 2 is 1.89 bits per heavy atom. The summed E-state index contributed by atoms with van der Waals surface area (Å²) in [6, 6.07) is 15.4. The largest absolute Gasteiger partial charge is 0.573 e. The summed E-state index contributed by atoms with van der Waals surface area (Å²) in [6.07, 6.45) is -3.34. The zero-order valence-corrected chi connectivity index (χ0v) is 25.8. The van der Waals surface area contributed by atoms with E-state index in [9.17, 15) is 22.8 Å². The first-order chi connectivity index (χ1) is 21.4. The molecule has 3 aromatic carbocycles. The van der Waals surface area contributed by atoms with Crippen molar-refractivity contribution in [1.29, 1.82) is 0 Å². The number of nitrogens with one attached hydrogen (secondary N) is 2. The van der Waals surface area contributed by atoms with E-state index in [0.717, 1.165) is 11.1 Å². The summed E-state index contributed by atoms with van der Waals surface area (Å²) in [5, 5.41) is 10.7. The fraction of sp³-hybridized carbons (Fsp3) is 0.233. The van der Waals surface area contributed by atoms with E-state index in [4.69, 9.17) is 11.6 Å². The van der Waals surface area contributed by atoms with Crippen molar-refractivity contribution in [3.63, 3.8) is 0 Å². The summed E-state index contributed by atoms with van der Waals surface area (Å²) >= 11 is 7.64. The van der Waals surface area contributed by atoms with Gasteiger partial charge in [0.2, 0.25) is 5.91 Å². The topological polar surface area (TPSA) is 114 Å². The highest BCUT2D eigenvalue weighted by molar-refractivity contribution is 8.15. The van der Waals surface area contributed by atoms with Gasteiger partial charge in [0.1, 0.15) is 12.1 Å². The molecule has 10 nitrogen and oxygen atoms in total. The molecule has 45 heavy (non-hydrogen) atoms. The molecule has 5 rings (SSSR count). The number of amidine groups is 1. The highest BCUT2D eigenvalue weighted by Crippen LogP contribution is 2.34. The number of ether oxygens (including phenoxy) is 1. The van der Waals surface area contributed by atoms with Gasteiger partial charge in [-0.15, -0.1) is 18.3 Å². The maximum atomic E-state index is 12.9. The Kier molecular flexibility index (Phi) is 9.34. The predicted molar refractivity (Wildman–Crippen MR) is 168 cm³/mol. The Labute approximate surface area is 265 Å². The van der Waals surface area contributed by atoms with Crippen LogP contribution in [-0.4, -0.2) is 44.0 Å². The average molecular weight is 658 g/mol. The normalized spacial score (nSPS) is 14.4. The predicted octanol–water partition coefficient (Wildman–Crippen LogP) is 7.53. The minimum absolute atomic E-state index is 0.153. The number of amides is 3. The van der Waals surface area contributed by atoms with Gasteiger partial charge in [0.15, 0.2) is 11.0 Å². The Balaban J connectivity index is 1.21. The summed E-state index contributed by atoms with van der Waals surface area (Å²) < 4.78 is 42.5. The van der Waals surface area contributed by atoms with Gasteiger partial charge < -0.3 is 15.4 Å². The molecule has 1 fully saturated rings. The molecule has 1 aromatic heterocycles. The quantitative estimate of drug-likeness (QED) is 0.201. The van der Waals surface area contributed by atoms with Crippen molar-refractivity contribution in [2.45, 2.75) is 39.6 Å². The number of thioether (sulfide) groups is 1. The third kappa shape index (κ3) is 7.94. The monoisotopic (exact) mass is 657 g/mol. The van der Waals surface area contributed by atoms with Crippen molar-refractivity contribution < 1.29 is 27.5 Å². The zero-order valence-electron chi connectivity index (χ0n) is 24.2. The highest BCUT2D eigenvalue weighted by Gasteiger charge is 2.33. The van der Waals surface area contributed by atoms with Crippen LogP contribution in [0.5, 0.6) is 5.75 Å². The first-order valence-corrected chi connectivity index (χ1v) is 15.0. The molecule has 3 amide bonds. The lowest BCUT2D eigenvalue weighted by molar-refractivity contribution is -0.274. The van der Waals surface area contributed by atoms with Crippen molar-refractivity contribution in [1.82, 2.24) is 14.8 Å². The number of urea groups is 1. The number of rotatable bonds is 8. The standard InChI is InChI=1S/C30H27ClF3N7O3S/c1-17(2)22-10-4-18(3)12-25(22)41-27(42)15-45-29(41)38-28(43)37-24-11-5-19(13-23(24)31)35-14-26-36-16-40(39-26)20-6-8-21(9-7-20)44-30(32,33)34/h4-13,16-17,35H,14-15H2,1-3H3,(H,37,43). The molecule has 0 spiro atoms.